The molecule has 2 aliphatic rings. The number of nitrogens with one attached hydrogen (secondary N) is 1. The third-order valence-corrected chi connectivity index (χ3v) is 6.30. The van der Waals surface area contributed by atoms with Crippen LogP contribution in [0, 0.1) is 23.2 Å². The first kappa shape index (κ1) is 20.5. The van der Waals surface area contributed by atoms with Crippen LogP contribution >= 0.6 is 0 Å². The molecule has 2 fully saturated rings. The van der Waals surface area contributed by atoms with Gasteiger partial charge in [0.1, 0.15) is 6.07 Å². The van der Waals surface area contributed by atoms with E-state index < -0.39 is 18.3 Å². The molecule has 1 N–H and O–H groups in total. The summed E-state index contributed by atoms with van der Waals surface area (Å²) in [6, 6.07) is 9.19. The van der Waals surface area contributed by atoms with E-state index in [1.165, 1.54) is 0 Å². The first-order chi connectivity index (χ1) is 14.5. The molecule has 1 aromatic heterocycles. The Hall–Kier alpha value is -2.79. The largest absolute Gasteiger partial charge is 0.370 e. The number of likely N-dealkylation sites (tertiary alicyclic amines) is 1. The quantitative estimate of drug-likeness (QED) is 0.834. The molecule has 30 heavy (non-hydrogen) atoms. The van der Waals surface area contributed by atoms with Crippen molar-refractivity contribution in [1.29, 1.82) is 5.26 Å². The van der Waals surface area contributed by atoms with E-state index >= 15 is 0 Å². The smallest absolute Gasteiger partial charge is 0.243 e. The van der Waals surface area contributed by atoms with Gasteiger partial charge in [0.15, 0.2) is 0 Å². The molecule has 3 heterocycles. The fourth-order valence-corrected chi connectivity index (χ4v) is 4.54. The van der Waals surface area contributed by atoms with Crippen LogP contribution in [0.2, 0.25) is 0 Å². The molecule has 0 radical (unpaired) electrons. The summed E-state index contributed by atoms with van der Waals surface area (Å²) in [5.41, 5.74) is 1.72. The van der Waals surface area contributed by atoms with Crippen molar-refractivity contribution < 1.29 is 13.6 Å². The maximum absolute atomic E-state index is 13.8. The molecule has 0 aliphatic carbocycles. The molecule has 158 valence electrons. The summed E-state index contributed by atoms with van der Waals surface area (Å²) in [4.78, 5) is 21.2. The highest BCUT2D eigenvalue weighted by atomic mass is 19.3. The first-order valence-electron chi connectivity index (χ1n) is 10.3. The lowest BCUT2D eigenvalue weighted by atomic mass is 9.94. The number of piperidine rings is 1. The van der Waals surface area contributed by atoms with Gasteiger partial charge in [-0.15, -0.1) is 0 Å². The predicted octanol–water partition coefficient (Wildman–Crippen LogP) is 2.63. The fraction of sp³-hybridized carbons (Fsp3) is 0.500. The van der Waals surface area contributed by atoms with Gasteiger partial charge in [0.2, 0.25) is 12.3 Å². The van der Waals surface area contributed by atoms with Gasteiger partial charge in [0.05, 0.1) is 22.9 Å². The zero-order valence-electron chi connectivity index (χ0n) is 16.9. The highest BCUT2D eigenvalue weighted by molar-refractivity contribution is 5.95. The number of fused-ring (bicyclic) bond motifs is 1. The van der Waals surface area contributed by atoms with E-state index in [2.05, 4.69) is 21.3 Å². The van der Waals surface area contributed by atoms with Gasteiger partial charge in [0.25, 0.3) is 0 Å². The Morgan fingerprint density at radius 2 is 2.03 bits per heavy atom. The zero-order valence-corrected chi connectivity index (χ0v) is 16.9. The van der Waals surface area contributed by atoms with Crippen molar-refractivity contribution in [3.05, 3.63) is 36.0 Å². The van der Waals surface area contributed by atoms with Crippen molar-refractivity contribution in [3.63, 3.8) is 0 Å². The van der Waals surface area contributed by atoms with Gasteiger partial charge in [-0.3, -0.25) is 9.78 Å². The molecule has 2 aliphatic heterocycles. The third-order valence-electron chi connectivity index (χ3n) is 6.30. The molecule has 1 aromatic carbocycles. The fourth-order valence-electron chi connectivity index (χ4n) is 4.54. The topological polar surface area (TPSA) is 72.3 Å². The highest BCUT2D eigenvalue weighted by Gasteiger charge is 2.43. The van der Waals surface area contributed by atoms with E-state index in [1.54, 1.807) is 24.4 Å². The lowest BCUT2D eigenvalue weighted by Gasteiger charge is -2.30. The Morgan fingerprint density at radius 1 is 1.27 bits per heavy atom. The number of carbonyl (C=O) groups is 1. The van der Waals surface area contributed by atoms with Crippen molar-refractivity contribution >= 4 is 22.5 Å². The molecular weight excluding hydrogens is 388 g/mol. The van der Waals surface area contributed by atoms with Gasteiger partial charge in [0, 0.05) is 36.4 Å². The number of nitrogens with zero attached hydrogens (tertiary/aromatic N) is 4. The molecule has 2 saturated heterocycles. The molecule has 0 bridgehead atoms. The molecule has 1 amide bonds. The number of pyridine rings is 1. The maximum atomic E-state index is 13.8. The van der Waals surface area contributed by atoms with E-state index in [0.29, 0.717) is 11.1 Å². The summed E-state index contributed by atoms with van der Waals surface area (Å²) in [5.74, 6) is -2.08. The van der Waals surface area contributed by atoms with Crippen molar-refractivity contribution in [2.45, 2.75) is 25.3 Å². The summed E-state index contributed by atoms with van der Waals surface area (Å²) in [5, 5.41) is 13.1. The lowest BCUT2D eigenvalue weighted by molar-refractivity contribution is -0.128. The number of aromatic nitrogens is 1. The maximum Gasteiger partial charge on any atom is 0.243 e. The van der Waals surface area contributed by atoms with Crippen molar-refractivity contribution in [3.8, 4) is 6.07 Å². The number of amides is 1. The van der Waals surface area contributed by atoms with Gasteiger partial charge >= 0.3 is 0 Å². The highest BCUT2D eigenvalue weighted by Crippen LogP contribution is 2.36. The van der Waals surface area contributed by atoms with Crippen LogP contribution in [0.5, 0.6) is 0 Å². The number of nitriles is 1. The zero-order chi connectivity index (χ0) is 21.3. The lowest BCUT2D eigenvalue weighted by Crippen LogP contribution is -2.47. The standard InChI is InChI=1S/C22H25F2N5O/c1-28-9-6-15(7-10-28)27-22(30)18-13-29(12-17(18)21(23)24)19-5-4-14(11-25)20-16(19)3-2-8-26-20/h2-5,8,15,17-18,21H,6-7,9-10,12-13H2,1H3,(H,27,30)/t17-,18?/m1/s1. The van der Waals surface area contributed by atoms with E-state index in [4.69, 9.17) is 0 Å². The molecule has 0 spiro atoms. The second-order valence-electron chi connectivity index (χ2n) is 8.24. The van der Waals surface area contributed by atoms with Crippen LogP contribution in [0.1, 0.15) is 18.4 Å². The van der Waals surface area contributed by atoms with Gasteiger partial charge in [-0.2, -0.15) is 5.26 Å². The van der Waals surface area contributed by atoms with Crippen LogP contribution in [-0.4, -0.2) is 61.5 Å². The molecule has 2 aromatic rings. The van der Waals surface area contributed by atoms with Crippen LogP contribution in [0.25, 0.3) is 10.9 Å². The van der Waals surface area contributed by atoms with Gasteiger partial charge in [-0.25, -0.2) is 8.78 Å². The molecule has 8 heteroatoms. The average Bonchev–Trinajstić information content (AvgIpc) is 3.20. The first-order valence-corrected chi connectivity index (χ1v) is 10.3. The number of carbonyl (C=O) groups excluding carboxylic acids is 1. The molecule has 0 saturated carbocycles. The minimum atomic E-state index is -2.58. The molecular formula is C22H25F2N5O. The van der Waals surface area contributed by atoms with Crippen molar-refractivity contribution in [2.24, 2.45) is 11.8 Å². The Kier molecular flexibility index (Phi) is 5.82. The normalized spacial score (nSPS) is 23.1. The number of halogens is 2. The van der Waals surface area contributed by atoms with Crippen LogP contribution < -0.4 is 10.2 Å². The number of rotatable bonds is 4. The van der Waals surface area contributed by atoms with Gasteiger partial charge in [-0.1, -0.05) is 0 Å². The SMILES string of the molecule is CN1CCC(NC(=O)C2CN(c3ccc(C#N)c4ncccc34)C[C@H]2C(F)F)CC1. The van der Waals surface area contributed by atoms with Crippen molar-refractivity contribution in [1.82, 2.24) is 15.2 Å². The Balaban J connectivity index is 1.57. The molecule has 6 nitrogen and oxygen atoms in total. The van der Waals surface area contributed by atoms with Crippen molar-refractivity contribution in [2.75, 3.05) is 38.1 Å². The third kappa shape index (κ3) is 3.94. The number of alkyl halides is 2. The van der Waals surface area contributed by atoms with Crippen LogP contribution in [0.4, 0.5) is 14.5 Å². The Morgan fingerprint density at radius 3 is 2.73 bits per heavy atom. The van der Waals surface area contributed by atoms with Gasteiger partial charge < -0.3 is 15.1 Å². The second kappa shape index (κ2) is 8.52. The van der Waals surface area contributed by atoms with Crippen LogP contribution in [0.15, 0.2) is 30.5 Å². The summed E-state index contributed by atoms with van der Waals surface area (Å²) < 4.78 is 27.7. The van der Waals surface area contributed by atoms with E-state index in [0.717, 1.165) is 37.0 Å². The predicted molar refractivity (Wildman–Crippen MR) is 110 cm³/mol. The average molecular weight is 413 g/mol. The number of hydrogen-bond donors (Lipinski definition) is 1. The molecule has 4 rings (SSSR count). The molecule has 1 unspecified atom stereocenters. The summed E-state index contributed by atoms with van der Waals surface area (Å²) in [6.07, 6.45) is 0.705. The number of benzene rings is 1. The number of anilines is 1. The Labute approximate surface area is 174 Å². The van der Waals surface area contributed by atoms with Crippen LogP contribution in [0.3, 0.4) is 0 Å². The number of hydrogen-bond acceptors (Lipinski definition) is 5. The van der Waals surface area contributed by atoms with E-state index in [1.807, 2.05) is 18.0 Å². The molecule has 2 atom stereocenters. The Bertz CT molecular complexity index is 968. The van der Waals surface area contributed by atoms with E-state index in [9.17, 15) is 18.8 Å². The minimum absolute atomic E-state index is 0.0426. The van der Waals surface area contributed by atoms with Crippen LogP contribution in [-0.2, 0) is 4.79 Å². The van der Waals surface area contributed by atoms with E-state index in [-0.39, 0.29) is 25.0 Å². The monoisotopic (exact) mass is 413 g/mol. The summed E-state index contributed by atoms with van der Waals surface area (Å²) in [6.45, 7) is 2.11. The minimum Gasteiger partial charge on any atom is -0.370 e. The summed E-state index contributed by atoms with van der Waals surface area (Å²) >= 11 is 0. The van der Waals surface area contributed by atoms with Gasteiger partial charge in [-0.05, 0) is 57.2 Å². The second-order valence-corrected chi connectivity index (χ2v) is 8.24. The summed E-state index contributed by atoms with van der Waals surface area (Å²) in [7, 11) is 2.04.